The van der Waals surface area contributed by atoms with Gasteiger partial charge in [0.25, 0.3) is 0 Å². The summed E-state index contributed by atoms with van der Waals surface area (Å²) in [6.07, 6.45) is -2.76. The fourth-order valence-electron chi connectivity index (χ4n) is 1.24. The van der Waals surface area contributed by atoms with Gasteiger partial charge in [0.1, 0.15) is 0 Å². The molecule has 0 fully saturated rings. The molecule has 0 saturated carbocycles. The predicted molar refractivity (Wildman–Crippen MR) is 57.0 cm³/mol. The number of thiazole rings is 1. The van der Waals surface area contributed by atoms with E-state index in [9.17, 15) is 13.2 Å². The highest BCUT2D eigenvalue weighted by molar-refractivity contribution is 7.18. The molecular formula is C10H7F3N2S. The Morgan fingerprint density at radius 1 is 1.12 bits per heavy atom. The minimum Gasteiger partial charge on any atom is -0.375 e. The Kier molecular flexibility index (Phi) is 2.59. The van der Waals surface area contributed by atoms with E-state index >= 15 is 0 Å². The highest BCUT2D eigenvalue weighted by atomic mass is 32.1. The second-order valence-corrected chi connectivity index (χ2v) is 4.20. The maximum absolute atomic E-state index is 12.3. The third-order valence-corrected chi connectivity index (χ3v) is 2.90. The molecule has 16 heavy (non-hydrogen) atoms. The van der Waals surface area contributed by atoms with Gasteiger partial charge in [-0.15, -0.1) is 0 Å². The molecule has 2 aromatic rings. The molecule has 1 heterocycles. The van der Waals surface area contributed by atoms with Crippen LogP contribution in [0, 0.1) is 0 Å². The van der Waals surface area contributed by atoms with Crippen LogP contribution in [0.4, 0.5) is 18.3 Å². The number of nitrogen functional groups attached to an aromatic ring is 1. The van der Waals surface area contributed by atoms with Crippen molar-refractivity contribution in [2.45, 2.75) is 6.18 Å². The largest absolute Gasteiger partial charge is 0.416 e. The second kappa shape index (κ2) is 3.79. The van der Waals surface area contributed by atoms with Gasteiger partial charge in [-0.1, -0.05) is 23.5 Å². The molecular weight excluding hydrogens is 237 g/mol. The number of aromatic nitrogens is 1. The zero-order valence-electron chi connectivity index (χ0n) is 7.95. The van der Waals surface area contributed by atoms with E-state index in [1.54, 1.807) is 6.20 Å². The minimum absolute atomic E-state index is 0.398. The standard InChI is InChI=1S/C10H7F3N2S/c11-10(12,13)7-3-1-6(2-4-7)8-5-15-9(14)16-8/h1-5H,(H2,14,15). The zero-order valence-corrected chi connectivity index (χ0v) is 8.77. The summed E-state index contributed by atoms with van der Waals surface area (Å²) < 4.78 is 36.9. The van der Waals surface area contributed by atoms with Crippen LogP contribution in [0.25, 0.3) is 10.4 Å². The Morgan fingerprint density at radius 2 is 1.75 bits per heavy atom. The van der Waals surface area contributed by atoms with Crippen molar-refractivity contribution in [2.24, 2.45) is 0 Å². The summed E-state index contributed by atoms with van der Waals surface area (Å²) >= 11 is 1.24. The van der Waals surface area contributed by atoms with Gasteiger partial charge < -0.3 is 5.73 Å². The minimum atomic E-state index is -4.30. The summed E-state index contributed by atoms with van der Waals surface area (Å²) in [4.78, 5) is 4.59. The van der Waals surface area contributed by atoms with Gasteiger partial charge >= 0.3 is 6.18 Å². The molecule has 1 aromatic heterocycles. The average molecular weight is 244 g/mol. The Balaban J connectivity index is 2.33. The van der Waals surface area contributed by atoms with Gasteiger partial charge in [-0.25, -0.2) is 4.98 Å². The normalized spacial score (nSPS) is 11.7. The lowest BCUT2D eigenvalue weighted by molar-refractivity contribution is -0.137. The van der Waals surface area contributed by atoms with Crippen LogP contribution in [-0.4, -0.2) is 4.98 Å². The Morgan fingerprint density at radius 3 is 2.19 bits per heavy atom. The molecule has 0 aliphatic carbocycles. The van der Waals surface area contributed by atoms with Gasteiger partial charge in [0, 0.05) is 6.20 Å². The highest BCUT2D eigenvalue weighted by Gasteiger charge is 2.29. The first-order valence-electron chi connectivity index (χ1n) is 4.36. The predicted octanol–water partition coefficient (Wildman–Crippen LogP) is 3.41. The Hall–Kier alpha value is -1.56. The lowest BCUT2D eigenvalue weighted by atomic mass is 10.1. The van der Waals surface area contributed by atoms with Crippen molar-refractivity contribution in [1.82, 2.24) is 4.98 Å². The van der Waals surface area contributed by atoms with Crippen LogP contribution in [0.15, 0.2) is 30.5 Å². The maximum Gasteiger partial charge on any atom is 0.416 e. The first-order chi connectivity index (χ1) is 7.47. The molecule has 6 heteroatoms. The van der Waals surface area contributed by atoms with Crippen molar-refractivity contribution >= 4 is 16.5 Å². The van der Waals surface area contributed by atoms with Crippen molar-refractivity contribution in [3.8, 4) is 10.4 Å². The first-order valence-corrected chi connectivity index (χ1v) is 5.17. The van der Waals surface area contributed by atoms with Crippen LogP contribution in [-0.2, 0) is 6.18 Å². The van der Waals surface area contributed by atoms with Crippen molar-refractivity contribution in [1.29, 1.82) is 0 Å². The summed E-state index contributed by atoms with van der Waals surface area (Å²) in [7, 11) is 0. The average Bonchev–Trinajstić information content (AvgIpc) is 2.64. The highest BCUT2D eigenvalue weighted by Crippen LogP contribution is 2.32. The number of nitrogens with two attached hydrogens (primary N) is 1. The van der Waals surface area contributed by atoms with Gasteiger partial charge in [-0.2, -0.15) is 13.2 Å². The quantitative estimate of drug-likeness (QED) is 0.834. The number of rotatable bonds is 1. The summed E-state index contributed by atoms with van der Waals surface area (Å²) in [6.45, 7) is 0. The van der Waals surface area contributed by atoms with Crippen molar-refractivity contribution in [3.63, 3.8) is 0 Å². The number of hydrogen-bond acceptors (Lipinski definition) is 3. The fourth-order valence-corrected chi connectivity index (χ4v) is 1.93. The van der Waals surface area contributed by atoms with Gasteiger partial charge in [-0.05, 0) is 17.7 Å². The van der Waals surface area contributed by atoms with E-state index in [0.717, 1.165) is 17.0 Å². The van der Waals surface area contributed by atoms with Gasteiger partial charge in [0.15, 0.2) is 5.13 Å². The van der Waals surface area contributed by atoms with Gasteiger partial charge in [-0.3, -0.25) is 0 Å². The van der Waals surface area contributed by atoms with Crippen LogP contribution in [0.2, 0.25) is 0 Å². The molecule has 2 N–H and O–H groups in total. The van der Waals surface area contributed by atoms with Crippen LogP contribution in [0.5, 0.6) is 0 Å². The van der Waals surface area contributed by atoms with Gasteiger partial charge in [0.05, 0.1) is 10.4 Å². The smallest absolute Gasteiger partial charge is 0.375 e. The van der Waals surface area contributed by atoms with Crippen molar-refractivity contribution in [3.05, 3.63) is 36.0 Å². The maximum atomic E-state index is 12.3. The SMILES string of the molecule is Nc1ncc(-c2ccc(C(F)(F)F)cc2)s1. The van der Waals surface area contributed by atoms with E-state index in [1.807, 2.05) is 0 Å². The van der Waals surface area contributed by atoms with Crippen molar-refractivity contribution < 1.29 is 13.2 Å². The van der Waals surface area contributed by atoms with Crippen LogP contribution in [0.3, 0.4) is 0 Å². The van der Waals surface area contributed by atoms with E-state index < -0.39 is 11.7 Å². The van der Waals surface area contributed by atoms with Gasteiger partial charge in [0.2, 0.25) is 0 Å². The molecule has 0 radical (unpaired) electrons. The number of anilines is 1. The topological polar surface area (TPSA) is 38.9 Å². The number of nitrogens with zero attached hydrogens (tertiary/aromatic N) is 1. The molecule has 0 aliphatic rings. The second-order valence-electron chi connectivity index (χ2n) is 3.14. The molecule has 2 nitrogen and oxygen atoms in total. The number of hydrogen-bond donors (Lipinski definition) is 1. The molecule has 0 aliphatic heterocycles. The van der Waals surface area contributed by atoms with E-state index in [2.05, 4.69) is 4.98 Å². The molecule has 1 aromatic carbocycles. The molecule has 0 amide bonds. The lowest BCUT2D eigenvalue weighted by Gasteiger charge is -2.06. The molecule has 0 unspecified atom stereocenters. The van der Waals surface area contributed by atoms with Crippen LogP contribution >= 0.6 is 11.3 Å². The zero-order chi connectivity index (χ0) is 11.8. The van der Waals surface area contributed by atoms with E-state index in [4.69, 9.17) is 5.73 Å². The van der Waals surface area contributed by atoms with Crippen LogP contribution < -0.4 is 5.73 Å². The fraction of sp³-hybridized carbons (Fsp3) is 0.100. The monoisotopic (exact) mass is 244 g/mol. The third-order valence-electron chi connectivity index (χ3n) is 2.02. The molecule has 0 atom stereocenters. The van der Waals surface area contributed by atoms with E-state index in [-0.39, 0.29) is 0 Å². The molecule has 0 bridgehead atoms. The summed E-state index contributed by atoms with van der Waals surface area (Å²) in [5.74, 6) is 0. The summed E-state index contributed by atoms with van der Waals surface area (Å²) in [5, 5.41) is 0.398. The third kappa shape index (κ3) is 2.16. The van der Waals surface area contributed by atoms with E-state index in [1.165, 1.54) is 23.5 Å². The summed E-state index contributed by atoms with van der Waals surface area (Å²) in [5.41, 5.74) is 5.47. The lowest BCUT2D eigenvalue weighted by Crippen LogP contribution is -2.03. The van der Waals surface area contributed by atoms with Crippen molar-refractivity contribution in [2.75, 3.05) is 5.73 Å². The molecule has 84 valence electrons. The molecule has 0 spiro atoms. The summed E-state index contributed by atoms with van der Waals surface area (Å²) in [6, 6.07) is 4.92. The number of halogens is 3. The van der Waals surface area contributed by atoms with Crippen LogP contribution in [0.1, 0.15) is 5.56 Å². The molecule has 2 rings (SSSR count). The molecule has 0 saturated heterocycles. The number of alkyl halides is 3. The Bertz CT molecular complexity index is 488. The number of benzene rings is 1. The van der Waals surface area contributed by atoms with E-state index in [0.29, 0.717) is 10.7 Å². The Labute approximate surface area is 93.5 Å². The first kappa shape index (κ1) is 10.9.